The molecular weight excluding hydrogens is 429 g/mol. The second kappa shape index (κ2) is 8.67. The van der Waals surface area contributed by atoms with Gasteiger partial charge in [-0.3, -0.25) is 4.79 Å². The van der Waals surface area contributed by atoms with Crippen molar-refractivity contribution in [2.75, 3.05) is 32.8 Å². The molecule has 0 saturated carbocycles. The number of benzene rings is 2. The number of methoxy groups -OCH3 is 2. The number of rotatable bonds is 5. The highest BCUT2D eigenvalue weighted by Crippen LogP contribution is 2.37. The van der Waals surface area contributed by atoms with Gasteiger partial charge in [0, 0.05) is 11.8 Å². The van der Waals surface area contributed by atoms with E-state index in [2.05, 4.69) is 5.32 Å². The molecule has 1 heterocycles. The number of anilines is 1. The summed E-state index contributed by atoms with van der Waals surface area (Å²) in [5.74, 6) is -10.4. The molecule has 3 rings (SSSR count). The van der Waals surface area contributed by atoms with E-state index in [0.29, 0.717) is 17.2 Å². The van der Waals surface area contributed by atoms with Gasteiger partial charge in [0.25, 0.3) is 0 Å². The van der Waals surface area contributed by atoms with Crippen LogP contribution in [0.2, 0.25) is 0 Å². The molecule has 6 nitrogen and oxygen atoms in total. The van der Waals surface area contributed by atoms with Crippen molar-refractivity contribution in [3.8, 4) is 11.5 Å². The van der Waals surface area contributed by atoms with E-state index in [1.54, 1.807) is 12.1 Å². The predicted molar refractivity (Wildman–Crippen MR) is 97.2 cm³/mol. The van der Waals surface area contributed by atoms with Crippen molar-refractivity contribution in [2.24, 2.45) is 5.41 Å². The Bertz CT molecular complexity index is 979. The van der Waals surface area contributed by atoms with Gasteiger partial charge < -0.3 is 24.3 Å². The fraction of sp³-hybridized carbons (Fsp3) is 0.350. The van der Waals surface area contributed by atoms with Crippen molar-refractivity contribution in [3.05, 3.63) is 52.8 Å². The first-order chi connectivity index (χ1) is 14.6. The van der Waals surface area contributed by atoms with E-state index in [1.165, 1.54) is 27.2 Å². The van der Waals surface area contributed by atoms with Crippen molar-refractivity contribution < 1.29 is 45.7 Å². The average Bonchev–Trinajstić information content (AvgIpc) is 2.77. The first-order valence-corrected chi connectivity index (χ1v) is 8.91. The molecule has 1 N–H and O–H groups in total. The molecule has 0 spiro atoms. The molecule has 0 radical (unpaired) electrons. The fourth-order valence-corrected chi connectivity index (χ4v) is 2.93. The largest absolute Gasteiger partial charge is 0.493 e. The van der Waals surface area contributed by atoms with Gasteiger partial charge in [-0.05, 0) is 19.1 Å². The van der Waals surface area contributed by atoms with Crippen molar-refractivity contribution >= 4 is 11.6 Å². The minimum absolute atomic E-state index is 0.366. The Labute approximate surface area is 173 Å². The summed E-state index contributed by atoms with van der Waals surface area (Å²) in [5, 5.41) is 2.63. The van der Waals surface area contributed by atoms with E-state index < -0.39 is 65.5 Å². The van der Waals surface area contributed by atoms with Crippen molar-refractivity contribution in [1.29, 1.82) is 0 Å². The number of nitrogens with one attached hydrogen (secondary N) is 1. The van der Waals surface area contributed by atoms with E-state index in [1.807, 2.05) is 0 Å². The minimum atomic E-state index is -2.28. The lowest BCUT2D eigenvalue weighted by Gasteiger charge is -2.36. The highest BCUT2D eigenvalue weighted by molar-refractivity contribution is 5.95. The van der Waals surface area contributed by atoms with Gasteiger partial charge in [-0.15, -0.1) is 0 Å². The molecule has 1 aliphatic rings. The molecule has 0 atom stereocenters. The molecular formula is C20H18F5NO5. The summed E-state index contributed by atoms with van der Waals surface area (Å²) >= 11 is 0. The topological polar surface area (TPSA) is 66.0 Å². The van der Waals surface area contributed by atoms with Crippen molar-refractivity contribution in [3.63, 3.8) is 0 Å². The maximum absolute atomic E-state index is 14.0. The smallest absolute Gasteiger partial charge is 0.235 e. The molecule has 31 heavy (non-hydrogen) atoms. The third-order valence-corrected chi connectivity index (χ3v) is 4.78. The first-order valence-electron chi connectivity index (χ1n) is 8.91. The minimum Gasteiger partial charge on any atom is -0.493 e. The number of hydrogen-bond acceptors (Lipinski definition) is 5. The Balaban J connectivity index is 1.75. The fourth-order valence-electron chi connectivity index (χ4n) is 2.93. The van der Waals surface area contributed by atoms with Crippen LogP contribution in [0.5, 0.6) is 11.5 Å². The first kappa shape index (κ1) is 22.8. The molecule has 1 saturated heterocycles. The van der Waals surface area contributed by atoms with Gasteiger partial charge in [0.05, 0.1) is 38.4 Å². The molecule has 0 bridgehead atoms. The third kappa shape index (κ3) is 4.15. The predicted octanol–water partition coefficient (Wildman–Crippen LogP) is 4.09. The normalized spacial score (nSPS) is 21.0. The number of hydrogen-bond donors (Lipinski definition) is 1. The lowest BCUT2D eigenvalue weighted by Crippen LogP contribution is -2.46. The quantitative estimate of drug-likeness (QED) is 0.425. The lowest BCUT2D eigenvalue weighted by atomic mass is 9.90. The molecule has 1 amide bonds. The molecule has 168 valence electrons. The van der Waals surface area contributed by atoms with E-state index in [-0.39, 0.29) is 0 Å². The maximum Gasteiger partial charge on any atom is 0.235 e. The van der Waals surface area contributed by atoms with Gasteiger partial charge >= 0.3 is 0 Å². The Kier molecular flexibility index (Phi) is 6.37. The zero-order chi connectivity index (χ0) is 22.9. The van der Waals surface area contributed by atoms with Crippen LogP contribution in [-0.4, -0.2) is 33.3 Å². The summed E-state index contributed by atoms with van der Waals surface area (Å²) in [7, 11) is 2.88. The van der Waals surface area contributed by atoms with Crippen molar-refractivity contribution in [2.45, 2.75) is 13.2 Å². The lowest BCUT2D eigenvalue weighted by molar-refractivity contribution is -0.228. The van der Waals surface area contributed by atoms with Gasteiger partial charge in [0.2, 0.25) is 11.7 Å². The average molecular weight is 447 g/mol. The van der Waals surface area contributed by atoms with Crippen molar-refractivity contribution in [1.82, 2.24) is 0 Å². The molecule has 11 heteroatoms. The van der Waals surface area contributed by atoms with Crippen LogP contribution in [0.3, 0.4) is 0 Å². The van der Waals surface area contributed by atoms with E-state index in [4.69, 9.17) is 18.9 Å². The zero-order valence-electron chi connectivity index (χ0n) is 16.7. The Hall–Kier alpha value is -2.92. The second-order valence-corrected chi connectivity index (χ2v) is 7.02. The second-order valence-electron chi connectivity index (χ2n) is 7.02. The number of ether oxygens (including phenoxy) is 4. The SMILES string of the molecule is COc1ccc(NC(=O)C2(C)COC(c3c(F)c(F)c(F)c(F)c3F)OC2)cc1OC. The van der Waals surface area contributed by atoms with Gasteiger partial charge in [-0.2, -0.15) is 0 Å². The summed E-state index contributed by atoms with van der Waals surface area (Å²) < 4.78 is 88.7. The van der Waals surface area contributed by atoms with Crippen LogP contribution in [0.4, 0.5) is 27.6 Å². The van der Waals surface area contributed by atoms with E-state index in [0.717, 1.165) is 0 Å². The van der Waals surface area contributed by atoms with Crippen LogP contribution >= 0.6 is 0 Å². The van der Waals surface area contributed by atoms with Crippen LogP contribution < -0.4 is 14.8 Å². The molecule has 1 aliphatic heterocycles. The molecule has 0 aliphatic carbocycles. The molecule has 0 unspecified atom stereocenters. The zero-order valence-corrected chi connectivity index (χ0v) is 16.7. The Morgan fingerprint density at radius 1 is 0.935 bits per heavy atom. The summed E-state index contributed by atoms with van der Waals surface area (Å²) in [6.07, 6.45) is -1.87. The summed E-state index contributed by atoms with van der Waals surface area (Å²) in [6, 6.07) is 4.65. The van der Waals surface area contributed by atoms with Gasteiger partial charge in [-0.1, -0.05) is 0 Å². The highest BCUT2D eigenvalue weighted by Gasteiger charge is 2.42. The molecule has 2 aromatic carbocycles. The van der Waals surface area contributed by atoms with Gasteiger partial charge in [-0.25, -0.2) is 22.0 Å². The Morgan fingerprint density at radius 2 is 1.45 bits per heavy atom. The van der Waals surface area contributed by atoms with Crippen LogP contribution in [0.15, 0.2) is 18.2 Å². The highest BCUT2D eigenvalue weighted by atomic mass is 19.2. The summed E-state index contributed by atoms with van der Waals surface area (Å²) in [5.41, 5.74) is -2.20. The third-order valence-electron chi connectivity index (χ3n) is 4.78. The van der Waals surface area contributed by atoms with Crippen LogP contribution in [0.25, 0.3) is 0 Å². The molecule has 2 aromatic rings. The summed E-state index contributed by atoms with van der Waals surface area (Å²) in [6.45, 7) is 0.643. The number of amides is 1. The van der Waals surface area contributed by atoms with E-state index in [9.17, 15) is 26.7 Å². The van der Waals surface area contributed by atoms with Crippen LogP contribution in [-0.2, 0) is 14.3 Å². The number of halogens is 5. The summed E-state index contributed by atoms with van der Waals surface area (Å²) in [4.78, 5) is 12.7. The maximum atomic E-state index is 14.0. The van der Waals surface area contributed by atoms with Gasteiger partial charge in [0.15, 0.2) is 41.1 Å². The standard InChI is InChI=1S/C20H18F5NO5/c1-20(19(27)26-9-4-5-10(28-2)11(6-9)29-3)7-30-18(31-8-20)12-13(21)15(23)17(25)16(24)14(12)22/h4-6,18H,7-8H2,1-3H3,(H,26,27). The van der Waals surface area contributed by atoms with E-state index >= 15 is 0 Å². The number of carbonyl (C=O) groups excluding carboxylic acids is 1. The van der Waals surface area contributed by atoms with Gasteiger partial charge in [0.1, 0.15) is 0 Å². The van der Waals surface area contributed by atoms with Crippen LogP contribution in [0.1, 0.15) is 18.8 Å². The molecule has 1 fully saturated rings. The molecule has 0 aromatic heterocycles. The monoisotopic (exact) mass is 447 g/mol. The van der Waals surface area contributed by atoms with Crippen LogP contribution in [0, 0.1) is 34.5 Å². The number of carbonyl (C=O) groups is 1. The Morgan fingerprint density at radius 3 is 1.97 bits per heavy atom.